The van der Waals surface area contributed by atoms with E-state index < -0.39 is 22.0 Å². The number of nitrogens with two attached hydrogens (primary N) is 1. The third-order valence-corrected chi connectivity index (χ3v) is 8.33. The number of carbonyl (C=O) groups excluding carboxylic acids is 2. The maximum atomic E-state index is 12.8. The molecule has 0 spiro atoms. The van der Waals surface area contributed by atoms with Gasteiger partial charge in [0.25, 0.3) is 10.0 Å². The van der Waals surface area contributed by atoms with E-state index in [-0.39, 0.29) is 28.1 Å². The van der Waals surface area contributed by atoms with Crippen LogP contribution >= 0.6 is 22.9 Å². The van der Waals surface area contributed by atoms with E-state index in [1.165, 1.54) is 34.6 Å². The number of pyridine rings is 1. The second-order valence-corrected chi connectivity index (χ2v) is 11.0. The summed E-state index contributed by atoms with van der Waals surface area (Å²) in [6, 6.07) is 8.95. The molecular weight excluding hydrogens is 498 g/mol. The number of primary amides is 1. The quantitative estimate of drug-likeness (QED) is 0.460. The molecule has 0 unspecified atom stereocenters. The van der Waals surface area contributed by atoms with Crippen LogP contribution in [0.5, 0.6) is 0 Å². The zero-order valence-electron chi connectivity index (χ0n) is 18.2. The summed E-state index contributed by atoms with van der Waals surface area (Å²) in [5.41, 5.74) is 6.83. The summed E-state index contributed by atoms with van der Waals surface area (Å²) in [4.78, 5) is 35.3. The first-order valence-corrected chi connectivity index (χ1v) is 13.1. The number of aromatic nitrogens is 2. The monoisotopic (exact) mass is 519 g/mol. The number of rotatable bonds is 7. The lowest BCUT2D eigenvalue weighted by atomic mass is 10.2. The number of anilines is 1. The summed E-state index contributed by atoms with van der Waals surface area (Å²) in [5, 5.41) is 0.585. The van der Waals surface area contributed by atoms with Gasteiger partial charge in [-0.1, -0.05) is 29.8 Å². The average Bonchev–Trinajstić information content (AvgIpc) is 3.43. The van der Waals surface area contributed by atoms with Crippen LogP contribution in [0.2, 0.25) is 5.15 Å². The fourth-order valence-corrected chi connectivity index (χ4v) is 6.16. The van der Waals surface area contributed by atoms with E-state index in [1.807, 2.05) is 0 Å². The van der Waals surface area contributed by atoms with E-state index >= 15 is 0 Å². The number of nitrogens with one attached hydrogen (secondary N) is 1. The molecule has 9 nitrogen and oxygen atoms in total. The van der Waals surface area contributed by atoms with Crippen molar-refractivity contribution in [2.24, 2.45) is 5.73 Å². The molecule has 2 amide bonds. The topological polar surface area (TPSA) is 135 Å². The number of carbonyl (C=O) groups is 2. The molecule has 1 saturated heterocycles. The summed E-state index contributed by atoms with van der Waals surface area (Å²) in [6.45, 7) is 2.29. The Morgan fingerprint density at radius 2 is 2.03 bits per heavy atom. The van der Waals surface area contributed by atoms with Gasteiger partial charge in [-0.2, -0.15) is 0 Å². The molecule has 0 saturated carbocycles. The number of benzene rings is 1. The zero-order valence-corrected chi connectivity index (χ0v) is 20.6. The lowest BCUT2D eigenvalue weighted by molar-refractivity contribution is -0.136. The number of amides is 2. The van der Waals surface area contributed by atoms with Gasteiger partial charge in [0.1, 0.15) is 11.0 Å². The largest absolute Gasteiger partial charge is 0.368 e. The molecule has 0 aliphatic carbocycles. The maximum Gasteiger partial charge on any atom is 0.261 e. The molecule has 0 radical (unpaired) electrons. The Bertz CT molecular complexity index is 1340. The highest BCUT2D eigenvalue weighted by atomic mass is 35.5. The Kier molecular flexibility index (Phi) is 6.87. The van der Waals surface area contributed by atoms with Crippen LogP contribution in [0.25, 0.3) is 10.4 Å². The molecule has 3 aromatic rings. The summed E-state index contributed by atoms with van der Waals surface area (Å²) in [5.74, 6) is -0.702. The zero-order chi connectivity index (χ0) is 24.5. The third kappa shape index (κ3) is 5.06. The van der Waals surface area contributed by atoms with Crippen molar-refractivity contribution in [2.75, 3.05) is 11.3 Å². The van der Waals surface area contributed by atoms with Crippen molar-refractivity contribution in [3.8, 4) is 10.4 Å². The summed E-state index contributed by atoms with van der Waals surface area (Å²) in [7, 11) is -3.85. The molecule has 1 atom stereocenters. The minimum Gasteiger partial charge on any atom is -0.368 e. The first-order valence-electron chi connectivity index (χ1n) is 10.4. The van der Waals surface area contributed by atoms with Gasteiger partial charge in [-0.05, 0) is 38.0 Å². The second-order valence-electron chi connectivity index (χ2n) is 7.83. The van der Waals surface area contributed by atoms with Gasteiger partial charge in [-0.25, -0.2) is 18.4 Å². The number of hydrogen-bond acceptors (Lipinski definition) is 7. The molecule has 12 heteroatoms. The molecule has 2 aromatic heterocycles. The smallest absolute Gasteiger partial charge is 0.261 e. The number of thiazole rings is 1. The predicted octanol–water partition coefficient (Wildman–Crippen LogP) is 2.99. The first-order chi connectivity index (χ1) is 16.2. The molecule has 3 heterocycles. The predicted molar refractivity (Wildman–Crippen MR) is 130 cm³/mol. The van der Waals surface area contributed by atoms with Crippen molar-refractivity contribution in [1.82, 2.24) is 14.9 Å². The standard InChI is InChI=1S/C22H22ClN5O4S2/c1-13-20(33-18(26-13)11-19(29)28-9-5-8-17(28)22(24)30)14-10-16(21(23)25-12-14)27-34(31,32)15-6-3-2-4-7-15/h2-4,6-7,10,12,17,27H,5,8-9,11H2,1H3,(H2,24,30)/t17-/m0/s1. The van der Waals surface area contributed by atoms with Crippen molar-refractivity contribution in [2.45, 2.75) is 37.1 Å². The molecular formula is C22H22ClN5O4S2. The molecule has 0 bridgehead atoms. The highest BCUT2D eigenvalue weighted by Gasteiger charge is 2.33. The van der Waals surface area contributed by atoms with Gasteiger partial charge in [-0.3, -0.25) is 14.3 Å². The van der Waals surface area contributed by atoms with E-state index in [9.17, 15) is 18.0 Å². The lowest BCUT2D eigenvalue weighted by Gasteiger charge is -2.21. The van der Waals surface area contributed by atoms with Gasteiger partial charge in [0.2, 0.25) is 11.8 Å². The summed E-state index contributed by atoms with van der Waals surface area (Å²) >= 11 is 7.47. The third-order valence-electron chi connectivity index (χ3n) is 5.44. The van der Waals surface area contributed by atoms with Crippen molar-refractivity contribution in [1.29, 1.82) is 0 Å². The van der Waals surface area contributed by atoms with Crippen LogP contribution in [0.1, 0.15) is 23.5 Å². The molecule has 1 aliphatic rings. The van der Waals surface area contributed by atoms with Gasteiger partial charge in [0.15, 0.2) is 5.15 Å². The van der Waals surface area contributed by atoms with Crippen molar-refractivity contribution >= 4 is 50.5 Å². The molecule has 3 N–H and O–H groups in total. The molecule has 34 heavy (non-hydrogen) atoms. The number of hydrogen-bond donors (Lipinski definition) is 2. The van der Waals surface area contributed by atoms with Gasteiger partial charge < -0.3 is 10.6 Å². The Labute approximate surface area is 206 Å². The summed E-state index contributed by atoms with van der Waals surface area (Å²) in [6.07, 6.45) is 2.88. The Balaban J connectivity index is 1.56. The van der Waals surface area contributed by atoms with Crippen LogP contribution in [0.15, 0.2) is 47.5 Å². The van der Waals surface area contributed by atoms with Crippen LogP contribution in [0, 0.1) is 6.92 Å². The van der Waals surface area contributed by atoms with Crippen LogP contribution in [-0.4, -0.2) is 47.7 Å². The van der Waals surface area contributed by atoms with Crippen molar-refractivity contribution in [3.63, 3.8) is 0 Å². The van der Waals surface area contributed by atoms with E-state index in [0.29, 0.717) is 29.2 Å². The van der Waals surface area contributed by atoms with E-state index in [2.05, 4.69) is 14.7 Å². The van der Waals surface area contributed by atoms with E-state index in [4.69, 9.17) is 17.3 Å². The molecule has 1 aliphatic heterocycles. The molecule has 1 fully saturated rings. The molecule has 1 aromatic carbocycles. The Morgan fingerprint density at radius 3 is 2.74 bits per heavy atom. The van der Waals surface area contributed by atoms with Gasteiger partial charge in [0, 0.05) is 18.3 Å². The van der Waals surface area contributed by atoms with Crippen LogP contribution < -0.4 is 10.5 Å². The SMILES string of the molecule is Cc1nc(CC(=O)N2CCC[C@H]2C(N)=O)sc1-c1cnc(Cl)c(NS(=O)(=O)c2ccccc2)c1. The number of halogens is 1. The molecule has 178 valence electrons. The number of likely N-dealkylation sites (tertiary alicyclic amines) is 1. The number of aryl methyl sites for hydroxylation is 1. The Hall–Kier alpha value is -3.02. The van der Waals surface area contributed by atoms with Crippen LogP contribution in [-0.2, 0) is 26.0 Å². The second kappa shape index (κ2) is 9.69. The highest BCUT2D eigenvalue weighted by Crippen LogP contribution is 2.34. The minimum absolute atomic E-state index is 0.00681. The fourth-order valence-electron chi connectivity index (χ4n) is 3.83. The van der Waals surface area contributed by atoms with Crippen molar-refractivity contribution < 1.29 is 18.0 Å². The highest BCUT2D eigenvalue weighted by molar-refractivity contribution is 7.92. The summed E-state index contributed by atoms with van der Waals surface area (Å²) < 4.78 is 27.9. The van der Waals surface area contributed by atoms with E-state index in [0.717, 1.165) is 11.3 Å². The van der Waals surface area contributed by atoms with Crippen LogP contribution in [0.4, 0.5) is 5.69 Å². The minimum atomic E-state index is -3.85. The average molecular weight is 520 g/mol. The number of nitrogens with zero attached hydrogens (tertiary/aromatic N) is 3. The van der Waals surface area contributed by atoms with Gasteiger partial charge in [0.05, 0.1) is 27.6 Å². The maximum absolute atomic E-state index is 12.8. The van der Waals surface area contributed by atoms with Crippen molar-refractivity contribution in [3.05, 3.63) is 58.4 Å². The van der Waals surface area contributed by atoms with Gasteiger partial charge in [-0.15, -0.1) is 11.3 Å². The number of sulfonamides is 1. The van der Waals surface area contributed by atoms with Crippen LogP contribution in [0.3, 0.4) is 0 Å². The molecule has 4 rings (SSSR count). The normalized spacial score (nSPS) is 15.9. The Morgan fingerprint density at radius 1 is 1.29 bits per heavy atom. The fraction of sp³-hybridized carbons (Fsp3) is 0.273. The van der Waals surface area contributed by atoms with Gasteiger partial charge >= 0.3 is 0 Å². The first kappa shape index (κ1) is 24.1. The van der Waals surface area contributed by atoms with E-state index in [1.54, 1.807) is 31.2 Å². The lowest BCUT2D eigenvalue weighted by Crippen LogP contribution is -2.44.